The van der Waals surface area contributed by atoms with Crippen LogP contribution >= 0.6 is 15.6 Å². The van der Waals surface area contributed by atoms with Crippen LogP contribution in [-0.4, -0.2) is 96.7 Å². The second-order valence-corrected chi connectivity index (χ2v) is 36.0. The third-order valence-corrected chi connectivity index (χ3v) is 22.5. The van der Waals surface area contributed by atoms with Crippen molar-refractivity contribution in [1.29, 1.82) is 0 Å². The van der Waals surface area contributed by atoms with E-state index >= 15 is 0 Å². The predicted octanol–water partition coefficient (Wildman–Crippen LogP) is 26.9. The number of carbonyl (C=O) groups excluding carboxylic acids is 4. The van der Waals surface area contributed by atoms with E-state index in [0.717, 1.165) is 108 Å². The summed E-state index contributed by atoms with van der Waals surface area (Å²) in [5, 5.41) is 10.7. The lowest BCUT2D eigenvalue weighted by Gasteiger charge is -2.21. The van der Waals surface area contributed by atoms with Gasteiger partial charge in [-0.1, -0.05) is 414 Å². The fourth-order valence-corrected chi connectivity index (χ4v) is 15.3. The van der Waals surface area contributed by atoms with E-state index in [-0.39, 0.29) is 25.7 Å². The molecular formula is C88H172O17P2. The van der Waals surface area contributed by atoms with Gasteiger partial charge in [-0.2, -0.15) is 0 Å². The molecule has 107 heavy (non-hydrogen) atoms. The first kappa shape index (κ1) is 105. The van der Waals surface area contributed by atoms with Crippen LogP contribution in [-0.2, 0) is 65.4 Å². The molecule has 2 unspecified atom stereocenters. The molecular weight excluding hydrogens is 1390 g/mol. The second kappa shape index (κ2) is 78.0. The summed E-state index contributed by atoms with van der Waals surface area (Å²) in [6.07, 6.45) is 69.5. The largest absolute Gasteiger partial charge is 0.472 e. The molecule has 3 N–H and O–H groups in total. The van der Waals surface area contributed by atoms with E-state index in [1.54, 1.807) is 0 Å². The Labute approximate surface area is 658 Å². The summed E-state index contributed by atoms with van der Waals surface area (Å²) in [4.78, 5) is 73.3. The van der Waals surface area contributed by atoms with Gasteiger partial charge in [-0.05, 0) is 43.4 Å². The maximum Gasteiger partial charge on any atom is 0.472 e. The maximum atomic E-state index is 13.2. The van der Waals surface area contributed by atoms with Crippen LogP contribution in [0, 0.1) is 17.8 Å². The monoisotopic (exact) mass is 1560 g/mol. The Kier molecular flexibility index (Phi) is 76.6. The molecule has 0 aromatic heterocycles. The molecule has 0 aliphatic carbocycles. The fraction of sp³-hybridized carbons (Fsp3) is 0.955. The minimum Gasteiger partial charge on any atom is -0.462 e. The highest BCUT2D eigenvalue weighted by Crippen LogP contribution is 2.45. The molecule has 0 bridgehead atoms. The van der Waals surface area contributed by atoms with E-state index in [2.05, 4.69) is 48.5 Å². The van der Waals surface area contributed by atoms with Crippen molar-refractivity contribution in [3.05, 3.63) is 0 Å². The third-order valence-electron chi connectivity index (χ3n) is 20.6. The molecule has 0 radical (unpaired) electrons. The predicted molar refractivity (Wildman–Crippen MR) is 441 cm³/mol. The van der Waals surface area contributed by atoms with Crippen molar-refractivity contribution in [2.75, 3.05) is 39.6 Å². The van der Waals surface area contributed by atoms with Crippen LogP contribution in [0.1, 0.15) is 466 Å². The Morgan fingerprint density at radius 1 is 0.252 bits per heavy atom. The number of hydrogen-bond acceptors (Lipinski definition) is 15. The molecule has 17 nitrogen and oxygen atoms in total. The van der Waals surface area contributed by atoms with Crippen molar-refractivity contribution in [3.8, 4) is 0 Å². The van der Waals surface area contributed by atoms with Crippen molar-refractivity contribution in [1.82, 2.24) is 0 Å². The summed E-state index contributed by atoms with van der Waals surface area (Å²) in [6.45, 7) is 12.1. The molecule has 0 saturated heterocycles. The highest BCUT2D eigenvalue weighted by molar-refractivity contribution is 7.47. The van der Waals surface area contributed by atoms with Crippen LogP contribution in [0.5, 0.6) is 0 Å². The summed E-state index contributed by atoms with van der Waals surface area (Å²) >= 11 is 0. The van der Waals surface area contributed by atoms with Gasteiger partial charge in [-0.25, -0.2) is 9.13 Å². The Morgan fingerprint density at radius 2 is 0.430 bits per heavy atom. The van der Waals surface area contributed by atoms with Gasteiger partial charge < -0.3 is 33.8 Å². The molecule has 0 aromatic rings. The van der Waals surface area contributed by atoms with Gasteiger partial charge in [-0.3, -0.25) is 37.3 Å². The van der Waals surface area contributed by atoms with E-state index in [9.17, 15) is 43.2 Å². The van der Waals surface area contributed by atoms with Crippen LogP contribution in [0.15, 0.2) is 0 Å². The number of phosphoric acid groups is 2. The first-order valence-corrected chi connectivity index (χ1v) is 48.3. The molecule has 0 aliphatic rings. The molecule has 0 amide bonds. The number of unbranched alkanes of at least 4 members (excludes halogenated alkanes) is 54. The van der Waals surface area contributed by atoms with Gasteiger partial charge in [0.15, 0.2) is 12.2 Å². The van der Waals surface area contributed by atoms with Gasteiger partial charge in [0.25, 0.3) is 0 Å². The highest BCUT2D eigenvalue weighted by Gasteiger charge is 2.31. The SMILES string of the molecule is CCCCCCCCCCCCCC(=O)OC[C@H](COP(=O)(O)OC[C@H](O)COP(=O)(O)OC[C@@H](COC(=O)CCCCCCCCCCCCCCCCCCCCC(C)C)OC(=O)CCCCCCCCCCCCCCCCCCCCC(C)C)OC(=O)CCCCCCCCCCCCCC(C)C. The lowest BCUT2D eigenvalue weighted by Crippen LogP contribution is -2.30. The maximum absolute atomic E-state index is 13.2. The number of carbonyl (C=O) groups is 4. The van der Waals surface area contributed by atoms with Gasteiger partial charge in [0, 0.05) is 25.7 Å². The minimum absolute atomic E-state index is 0.107. The number of aliphatic hydroxyl groups is 1. The lowest BCUT2D eigenvalue weighted by atomic mass is 10.0. The zero-order valence-corrected chi connectivity index (χ0v) is 72.4. The zero-order valence-electron chi connectivity index (χ0n) is 70.6. The quantitative estimate of drug-likeness (QED) is 0.0222. The van der Waals surface area contributed by atoms with Crippen LogP contribution in [0.25, 0.3) is 0 Å². The van der Waals surface area contributed by atoms with Crippen molar-refractivity contribution in [2.45, 2.75) is 484 Å². The van der Waals surface area contributed by atoms with Gasteiger partial charge in [0.05, 0.1) is 26.4 Å². The minimum atomic E-state index is -4.97. The molecule has 0 aromatic carbocycles. The second-order valence-electron chi connectivity index (χ2n) is 33.1. The molecule has 0 fully saturated rings. The molecule has 0 aliphatic heterocycles. The number of ether oxygens (including phenoxy) is 4. The van der Waals surface area contributed by atoms with Crippen molar-refractivity contribution in [3.63, 3.8) is 0 Å². The zero-order chi connectivity index (χ0) is 78.6. The Balaban J connectivity index is 5.22. The number of rotatable bonds is 86. The molecule has 19 heteroatoms. The molecule has 5 atom stereocenters. The summed E-state index contributed by atoms with van der Waals surface area (Å²) in [6, 6.07) is 0. The smallest absolute Gasteiger partial charge is 0.462 e. The first-order chi connectivity index (χ1) is 51.7. The summed E-state index contributed by atoms with van der Waals surface area (Å²) in [7, 11) is -9.93. The molecule has 0 heterocycles. The first-order valence-electron chi connectivity index (χ1n) is 45.3. The van der Waals surface area contributed by atoms with Crippen LogP contribution in [0.3, 0.4) is 0 Å². The van der Waals surface area contributed by atoms with Crippen LogP contribution in [0.2, 0.25) is 0 Å². The van der Waals surface area contributed by atoms with E-state index in [4.69, 9.17) is 37.0 Å². The van der Waals surface area contributed by atoms with E-state index < -0.39 is 97.5 Å². The highest BCUT2D eigenvalue weighted by atomic mass is 31.2. The number of phosphoric ester groups is 2. The lowest BCUT2D eigenvalue weighted by molar-refractivity contribution is -0.161. The van der Waals surface area contributed by atoms with E-state index in [1.807, 2.05) is 0 Å². The average Bonchev–Trinajstić information content (AvgIpc) is 0.918. The number of esters is 4. The third kappa shape index (κ3) is 81.9. The van der Waals surface area contributed by atoms with Crippen molar-refractivity contribution >= 4 is 39.5 Å². The van der Waals surface area contributed by atoms with Gasteiger partial charge in [-0.15, -0.1) is 0 Å². The number of aliphatic hydroxyl groups excluding tert-OH is 1. The summed E-state index contributed by atoms with van der Waals surface area (Å²) in [5.41, 5.74) is 0. The Bertz CT molecular complexity index is 2060. The molecule has 0 rings (SSSR count). The van der Waals surface area contributed by atoms with Gasteiger partial charge >= 0.3 is 39.5 Å². The average molecular weight is 1560 g/mol. The molecule has 0 saturated carbocycles. The molecule has 636 valence electrons. The standard InChI is InChI=1S/C88H172O17P2/c1-8-9-10-11-12-13-31-41-48-55-62-69-85(90)98-75-83(105-88(93)72-65-58-51-44-37-30-34-40-47-54-61-68-81(6)7)77-102-106(94,95)100-73-82(89)74-101-107(96,97)103-78-84(104-87(92)71-64-57-50-43-36-29-25-21-17-15-19-23-27-33-39-46-53-60-67-80(4)5)76-99-86(91)70-63-56-49-42-35-28-24-20-16-14-18-22-26-32-38-45-52-59-66-79(2)3/h79-84,89H,8-78H2,1-7H3,(H,94,95)(H,96,97)/t82-,83+,84+/m0/s1. The Hall–Kier alpha value is -1.94. The summed E-state index contributed by atoms with van der Waals surface area (Å²) in [5.74, 6) is 0.307. The van der Waals surface area contributed by atoms with Gasteiger partial charge in [0.2, 0.25) is 0 Å². The van der Waals surface area contributed by atoms with E-state index in [0.29, 0.717) is 25.7 Å². The number of hydrogen-bond donors (Lipinski definition) is 3. The van der Waals surface area contributed by atoms with E-state index in [1.165, 1.54) is 276 Å². The topological polar surface area (TPSA) is 237 Å². The Morgan fingerprint density at radius 3 is 0.636 bits per heavy atom. The fourth-order valence-electron chi connectivity index (χ4n) is 13.7. The summed E-state index contributed by atoms with van der Waals surface area (Å²) < 4.78 is 68.9. The van der Waals surface area contributed by atoms with Crippen molar-refractivity contribution < 1.29 is 80.2 Å². The van der Waals surface area contributed by atoms with Crippen LogP contribution in [0.4, 0.5) is 0 Å². The van der Waals surface area contributed by atoms with Gasteiger partial charge in [0.1, 0.15) is 19.3 Å². The molecule has 0 spiro atoms. The van der Waals surface area contributed by atoms with Crippen LogP contribution < -0.4 is 0 Å². The van der Waals surface area contributed by atoms with Crippen molar-refractivity contribution in [2.24, 2.45) is 17.8 Å². The normalized spacial score (nSPS) is 13.8.